The van der Waals surface area contributed by atoms with Crippen LogP contribution in [0, 0.1) is 0 Å². The normalized spacial score (nSPS) is 12.5. The maximum atomic E-state index is 6.03. The molecule has 21 heavy (non-hydrogen) atoms. The number of aromatic nitrogens is 1. The number of hydrogen-bond donors (Lipinski definition) is 2. The van der Waals surface area contributed by atoms with Crippen LogP contribution in [0.1, 0.15) is 17.2 Å². The highest BCUT2D eigenvalue weighted by Gasteiger charge is 2.11. The predicted octanol–water partition coefficient (Wildman–Crippen LogP) is 3.64. The van der Waals surface area contributed by atoms with Crippen LogP contribution >= 0.6 is 11.6 Å². The van der Waals surface area contributed by atoms with Crippen molar-refractivity contribution in [1.82, 2.24) is 10.4 Å². The largest absolute Gasteiger partial charge is 0.271 e. The van der Waals surface area contributed by atoms with Crippen molar-refractivity contribution in [3.63, 3.8) is 0 Å². The van der Waals surface area contributed by atoms with Crippen LogP contribution in [0.4, 0.5) is 0 Å². The molecule has 0 bridgehead atoms. The molecule has 0 aliphatic rings. The molecule has 1 heterocycles. The monoisotopic (exact) mass is 297 g/mol. The van der Waals surface area contributed by atoms with E-state index >= 15 is 0 Å². The van der Waals surface area contributed by atoms with Gasteiger partial charge in [-0.3, -0.25) is 16.3 Å². The standard InChI is InChI=1S/C17H16ClN3/c18-15-5-1-3-12(9-15)10-17(21-19)14-7-6-13-4-2-8-20-16(13)11-14/h1-9,11,17,21H,10,19H2. The molecule has 0 amide bonds. The first-order valence-electron chi connectivity index (χ1n) is 6.81. The first-order valence-corrected chi connectivity index (χ1v) is 7.19. The number of nitrogens with two attached hydrogens (primary N) is 1. The van der Waals surface area contributed by atoms with Crippen molar-refractivity contribution in [3.05, 3.63) is 76.9 Å². The van der Waals surface area contributed by atoms with E-state index in [1.165, 1.54) is 0 Å². The van der Waals surface area contributed by atoms with Crippen molar-refractivity contribution >= 4 is 22.5 Å². The van der Waals surface area contributed by atoms with E-state index in [2.05, 4.69) is 34.7 Å². The van der Waals surface area contributed by atoms with E-state index in [-0.39, 0.29) is 6.04 Å². The Bertz CT molecular complexity index is 758. The molecule has 3 aromatic rings. The van der Waals surface area contributed by atoms with Gasteiger partial charge in [0.1, 0.15) is 0 Å². The Hall–Kier alpha value is -1.94. The summed E-state index contributed by atoms with van der Waals surface area (Å²) in [5, 5.41) is 1.86. The summed E-state index contributed by atoms with van der Waals surface area (Å²) in [4.78, 5) is 4.39. The lowest BCUT2D eigenvalue weighted by atomic mass is 9.98. The average Bonchev–Trinajstić information content (AvgIpc) is 2.52. The van der Waals surface area contributed by atoms with E-state index in [0.29, 0.717) is 0 Å². The highest BCUT2D eigenvalue weighted by molar-refractivity contribution is 6.30. The van der Waals surface area contributed by atoms with Crippen LogP contribution in [-0.2, 0) is 6.42 Å². The van der Waals surface area contributed by atoms with E-state index in [1.807, 2.05) is 30.3 Å². The zero-order valence-electron chi connectivity index (χ0n) is 11.5. The van der Waals surface area contributed by atoms with Crippen LogP contribution < -0.4 is 11.3 Å². The van der Waals surface area contributed by atoms with Crippen molar-refractivity contribution in [2.75, 3.05) is 0 Å². The molecular formula is C17H16ClN3. The lowest BCUT2D eigenvalue weighted by Crippen LogP contribution is -2.29. The third-order valence-electron chi connectivity index (χ3n) is 3.56. The summed E-state index contributed by atoms with van der Waals surface area (Å²) < 4.78 is 0. The van der Waals surface area contributed by atoms with Crippen molar-refractivity contribution in [2.45, 2.75) is 12.5 Å². The summed E-state index contributed by atoms with van der Waals surface area (Å²) in [6, 6.07) is 18.1. The van der Waals surface area contributed by atoms with Gasteiger partial charge in [-0.15, -0.1) is 0 Å². The van der Waals surface area contributed by atoms with Crippen molar-refractivity contribution in [2.24, 2.45) is 5.84 Å². The Morgan fingerprint density at radius 2 is 2.00 bits per heavy atom. The minimum absolute atomic E-state index is 0.0230. The molecule has 0 fully saturated rings. The molecule has 1 unspecified atom stereocenters. The lowest BCUT2D eigenvalue weighted by Gasteiger charge is -2.17. The Morgan fingerprint density at radius 1 is 1.10 bits per heavy atom. The van der Waals surface area contributed by atoms with E-state index in [9.17, 15) is 0 Å². The average molecular weight is 298 g/mol. The van der Waals surface area contributed by atoms with Gasteiger partial charge in [0, 0.05) is 16.6 Å². The van der Waals surface area contributed by atoms with E-state index in [1.54, 1.807) is 6.20 Å². The number of hydrazine groups is 1. The van der Waals surface area contributed by atoms with Gasteiger partial charge in [0.25, 0.3) is 0 Å². The molecule has 3 nitrogen and oxygen atoms in total. The number of halogens is 1. The number of fused-ring (bicyclic) bond motifs is 1. The molecule has 0 spiro atoms. The van der Waals surface area contributed by atoms with E-state index < -0.39 is 0 Å². The third-order valence-corrected chi connectivity index (χ3v) is 3.80. The molecule has 0 aliphatic carbocycles. The number of nitrogens with zero attached hydrogens (tertiary/aromatic N) is 1. The van der Waals surface area contributed by atoms with Gasteiger partial charge in [-0.1, -0.05) is 41.9 Å². The van der Waals surface area contributed by atoms with E-state index in [0.717, 1.165) is 33.5 Å². The van der Waals surface area contributed by atoms with Gasteiger partial charge in [-0.2, -0.15) is 0 Å². The van der Waals surface area contributed by atoms with Gasteiger partial charge in [-0.25, -0.2) is 0 Å². The Kier molecular flexibility index (Phi) is 4.15. The number of pyridine rings is 1. The summed E-state index contributed by atoms with van der Waals surface area (Å²) >= 11 is 6.03. The first kappa shape index (κ1) is 14.0. The highest BCUT2D eigenvalue weighted by atomic mass is 35.5. The maximum Gasteiger partial charge on any atom is 0.0705 e. The maximum absolute atomic E-state index is 6.03. The molecule has 1 aromatic heterocycles. The smallest absolute Gasteiger partial charge is 0.0705 e. The minimum atomic E-state index is 0.0230. The summed E-state index contributed by atoms with van der Waals surface area (Å²) in [7, 11) is 0. The molecule has 3 rings (SSSR count). The van der Waals surface area contributed by atoms with Gasteiger partial charge in [0.2, 0.25) is 0 Å². The molecule has 3 N–H and O–H groups in total. The SMILES string of the molecule is NNC(Cc1cccc(Cl)c1)c1ccc2cccnc2c1. The van der Waals surface area contributed by atoms with Gasteiger partial charge in [0.15, 0.2) is 0 Å². The molecule has 0 saturated heterocycles. The second kappa shape index (κ2) is 6.22. The fourth-order valence-corrected chi connectivity index (χ4v) is 2.69. The Balaban J connectivity index is 1.90. The number of rotatable bonds is 4. The van der Waals surface area contributed by atoms with Gasteiger partial charge < -0.3 is 0 Å². The van der Waals surface area contributed by atoms with Crippen LogP contribution in [0.3, 0.4) is 0 Å². The molecule has 4 heteroatoms. The predicted molar refractivity (Wildman–Crippen MR) is 87.0 cm³/mol. The van der Waals surface area contributed by atoms with Crippen LogP contribution in [0.15, 0.2) is 60.8 Å². The molecule has 2 aromatic carbocycles. The fraction of sp³-hybridized carbons (Fsp3) is 0.118. The zero-order valence-corrected chi connectivity index (χ0v) is 12.2. The molecule has 0 radical (unpaired) electrons. The zero-order chi connectivity index (χ0) is 14.7. The summed E-state index contributed by atoms with van der Waals surface area (Å²) in [5.41, 5.74) is 6.11. The van der Waals surface area contributed by atoms with E-state index in [4.69, 9.17) is 17.4 Å². The highest BCUT2D eigenvalue weighted by Crippen LogP contribution is 2.22. The second-order valence-electron chi connectivity index (χ2n) is 5.01. The summed E-state index contributed by atoms with van der Waals surface area (Å²) in [6.07, 6.45) is 2.57. The fourth-order valence-electron chi connectivity index (χ4n) is 2.47. The van der Waals surface area contributed by atoms with Crippen LogP contribution in [0.2, 0.25) is 5.02 Å². The van der Waals surface area contributed by atoms with Gasteiger partial charge in [-0.05, 0) is 41.8 Å². The van der Waals surface area contributed by atoms with Gasteiger partial charge >= 0.3 is 0 Å². The molecule has 0 saturated carbocycles. The number of nitrogens with one attached hydrogen (secondary N) is 1. The number of hydrogen-bond acceptors (Lipinski definition) is 3. The number of benzene rings is 2. The quantitative estimate of drug-likeness (QED) is 0.571. The molecular weight excluding hydrogens is 282 g/mol. The van der Waals surface area contributed by atoms with Crippen molar-refractivity contribution in [3.8, 4) is 0 Å². The first-order chi connectivity index (χ1) is 10.3. The van der Waals surface area contributed by atoms with Gasteiger partial charge in [0.05, 0.1) is 11.6 Å². The van der Waals surface area contributed by atoms with Crippen LogP contribution in [-0.4, -0.2) is 4.98 Å². The van der Waals surface area contributed by atoms with Crippen LogP contribution in [0.25, 0.3) is 10.9 Å². The molecule has 1 atom stereocenters. The van der Waals surface area contributed by atoms with Crippen molar-refractivity contribution < 1.29 is 0 Å². The summed E-state index contributed by atoms with van der Waals surface area (Å²) in [6.45, 7) is 0. The lowest BCUT2D eigenvalue weighted by molar-refractivity contribution is 0.552. The topological polar surface area (TPSA) is 50.9 Å². The third kappa shape index (κ3) is 3.22. The Morgan fingerprint density at radius 3 is 2.81 bits per heavy atom. The molecule has 106 valence electrons. The Labute approximate surface area is 128 Å². The minimum Gasteiger partial charge on any atom is -0.271 e. The van der Waals surface area contributed by atoms with Crippen LogP contribution in [0.5, 0.6) is 0 Å². The van der Waals surface area contributed by atoms with Crippen molar-refractivity contribution in [1.29, 1.82) is 0 Å². The molecule has 0 aliphatic heterocycles. The second-order valence-corrected chi connectivity index (χ2v) is 5.45. The summed E-state index contributed by atoms with van der Waals surface area (Å²) in [5.74, 6) is 5.73.